The number of phenols is 1. The normalized spacial score (nSPS) is 17.8. The summed E-state index contributed by atoms with van der Waals surface area (Å²) in [6.45, 7) is 4.73. The van der Waals surface area contributed by atoms with Crippen LogP contribution in [0.5, 0.6) is 5.75 Å². The van der Waals surface area contributed by atoms with Crippen molar-refractivity contribution >= 4 is 23.2 Å². The number of rotatable bonds is 4. The summed E-state index contributed by atoms with van der Waals surface area (Å²) in [6.07, 6.45) is 3.26. The van der Waals surface area contributed by atoms with Gasteiger partial charge in [0.2, 0.25) is 11.7 Å². The van der Waals surface area contributed by atoms with E-state index in [2.05, 4.69) is 36.9 Å². The van der Waals surface area contributed by atoms with E-state index in [0.29, 0.717) is 56.1 Å². The third-order valence-electron chi connectivity index (χ3n) is 6.92. The molecule has 5 rings (SSSR count). The maximum Gasteiger partial charge on any atom is 0.223 e. The zero-order valence-electron chi connectivity index (χ0n) is 21.1. The van der Waals surface area contributed by atoms with Gasteiger partial charge in [-0.15, -0.1) is 10.2 Å². The van der Waals surface area contributed by atoms with Crippen molar-refractivity contribution < 1.29 is 14.3 Å². The Morgan fingerprint density at radius 2 is 2.03 bits per heavy atom. The van der Waals surface area contributed by atoms with Crippen LogP contribution in [0.3, 0.4) is 0 Å². The number of carbonyl (C=O) groups excluding carboxylic acids is 1. The fourth-order valence-corrected chi connectivity index (χ4v) is 4.79. The van der Waals surface area contributed by atoms with Crippen molar-refractivity contribution in [2.75, 3.05) is 48.3 Å². The summed E-state index contributed by atoms with van der Waals surface area (Å²) in [5, 5.41) is 18.5. The molecule has 2 fully saturated rings. The number of hydrogen-bond acceptors (Lipinski definition) is 9. The fourth-order valence-electron chi connectivity index (χ4n) is 4.79. The van der Waals surface area contributed by atoms with E-state index in [4.69, 9.17) is 5.73 Å². The molecule has 2 aromatic heterocycles. The molecule has 1 amide bonds. The minimum Gasteiger partial charge on any atom is -0.507 e. The Morgan fingerprint density at radius 3 is 2.82 bits per heavy atom. The maximum atomic E-state index is 14.9. The number of hydrogen-bond donors (Lipinski definition) is 2. The average Bonchev–Trinajstić information content (AvgIpc) is 3.22. The largest absolute Gasteiger partial charge is 0.507 e. The minimum absolute atomic E-state index is 0.0129. The second-order valence-electron chi connectivity index (χ2n) is 9.42. The van der Waals surface area contributed by atoms with Crippen molar-refractivity contribution in [3.05, 3.63) is 48.2 Å². The van der Waals surface area contributed by atoms with Gasteiger partial charge in [-0.05, 0) is 43.9 Å². The third-order valence-corrected chi connectivity index (χ3v) is 6.92. The van der Waals surface area contributed by atoms with Crippen molar-refractivity contribution in [1.82, 2.24) is 25.1 Å². The Labute approximate surface area is 220 Å². The Hall–Kier alpha value is -4.46. The van der Waals surface area contributed by atoms with Crippen LogP contribution in [0.4, 0.5) is 21.7 Å². The number of anilines is 3. The van der Waals surface area contributed by atoms with E-state index in [1.54, 1.807) is 23.1 Å². The van der Waals surface area contributed by atoms with Crippen LogP contribution < -0.4 is 15.5 Å². The highest BCUT2D eigenvalue weighted by atomic mass is 19.1. The quantitative estimate of drug-likeness (QED) is 0.503. The molecule has 0 aliphatic carbocycles. The van der Waals surface area contributed by atoms with Crippen molar-refractivity contribution in [2.24, 2.45) is 0 Å². The maximum absolute atomic E-state index is 14.9. The zero-order valence-corrected chi connectivity index (χ0v) is 21.1. The molecular weight excluding hydrogens is 487 g/mol. The second-order valence-corrected chi connectivity index (χ2v) is 9.42. The average molecular weight is 517 g/mol. The number of halogens is 1. The summed E-state index contributed by atoms with van der Waals surface area (Å²) in [5.41, 5.74) is 7.99. The number of nitrogen functional groups attached to an aromatic ring is 1. The molecule has 0 bridgehead atoms. The van der Waals surface area contributed by atoms with Gasteiger partial charge in [0.1, 0.15) is 5.75 Å². The van der Waals surface area contributed by atoms with Gasteiger partial charge in [-0.25, -0.2) is 14.4 Å². The first-order valence-electron chi connectivity index (χ1n) is 12.6. The minimum atomic E-state index is -0.516. The van der Waals surface area contributed by atoms with E-state index in [1.165, 1.54) is 0 Å². The van der Waals surface area contributed by atoms with Gasteiger partial charge in [0.25, 0.3) is 0 Å². The van der Waals surface area contributed by atoms with Gasteiger partial charge in [0.15, 0.2) is 17.5 Å². The molecule has 0 spiro atoms. The number of nitrogens with two attached hydrogens (primary N) is 1. The van der Waals surface area contributed by atoms with E-state index >= 15 is 0 Å². The van der Waals surface area contributed by atoms with Gasteiger partial charge >= 0.3 is 0 Å². The van der Waals surface area contributed by atoms with Crippen LogP contribution in [0, 0.1) is 17.7 Å². The molecule has 11 heteroatoms. The number of aromatic hydroxyl groups is 1. The summed E-state index contributed by atoms with van der Waals surface area (Å²) in [5.74, 6) is 6.21. The molecule has 3 aromatic rings. The predicted octanol–water partition coefficient (Wildman–Crippen LogP) is 2.44. The SMILES string of the molecule is C[C@H]1CCN(c2cc(-c3ccccc3O)nnc2N)CCN1c1nc(C#CCN2CCCC2=O)ncc1F. The van der Waals surface area contributed by atoms with Crippen LogP contribution in [0.2, 0.25) is 0 Å². The van der Waals surface area contributed by atoms with Crippen LogP contribution in [0.25, 0.3) is 11.3 Å². The summed E-state index contributed by atoms with van der Waals surface area (Å²) in [6, 6.07) is 8.74. The van der Waals surface area contributed by atoms with Gasteiger partial charge < -0.3 is 25.5 Å². The highest BCUT2D eigenvalue weighted by Crippen LogP contribution is 2.32. The second kappa shape index (κ2) is 10.9. The predicted molar refractivity (Wildman–Crippen MR) is 142 cm³/mol. The number of phenolic OH excluding ortho intramolecular Hbond substituents is 1. The molecule has 38 heavy (non-hydrogen) atoms. The Bertz CT molecular complexity index is 1410. The van der Waals surface area contributed by atoms with Gasteiger partial charge in [-0.3, -0.25) is 4.79 Å². The zero-order chi connectivity index (χ0) is 26.6. The summed E-state index contributed by atoms with van der Waals surface area (Å²) < 4.78 is 14.9. The van der Waals surface area contributed by atoms with E-state index in [0.717, 1.165) is 19.0 Å². The van der Waals surface area contributed by atoms with Gasteiger partial charge in [-0.2, -0.15) is 0 Å². The van der Waals surface area contributed by atoms with Crippen LogP contribution in [0.1, 0.15) is 32.0 Å². The molecule has 10 nitrogen and oxygen atoms in total. The molecule has 2 aliphatic rings. The van der Waals surface area contributed by atoms with Crippen LogP contribution >= 0.6 is 0 Å². The Morgan fingerprint density at radius 1 is 1.18 bits per heavy atom. The van der Waals surface area contributed by atoms with E-state index < -0.39 is 5.82 Å². The van der Waals surface area contributed by atoms with Crippen molar-refractivity contribution in [3.8, 4) is 28.8 Å². The van der Waals surface area contributed by atoms with E-state index in [9.17, 15) is 14.3 Å². The lowest BCUT2D eigenvalue weighted by Crippen LogP contribution is -2.36. The van der Waals surface area contributed by atoms with Crippen LogP contribution in [-0.2, 0) is 4.79 Å². The molecule has 0 radical (unpaired) electrons. The van der Waals surface area contributed by atoms with Crippen molar-refractivity contribution in [2.45, 2.75) is 32.2 Å². The Kier molecular flexibility index (Phi) is 7.22. The topological polar surface area (TPSA) is 125 Å². The first-order chi connectivity index (χ1) is 18.4. The molecule has 0 saturated carbocycles. The van der Waals surface area contributed by atoms with E-state index in [-0.39, 0.29) is 35.2 Å². The highest BCUT2D eigenvalue weighted by molar-refractivity contribution is 5.78. The molecular formula is C27H29FN8O2. The summed E-state index contributed by atoms with van der Waals surface area (Å²) in [7, 11) is 0. The fraction of sp³-hybridized carbons (Fsp3) is 0.370. The third kappa shape index (κ3) is 5.29. The molecule has 2 aliphatic heterocycles. The van der Waals surface area contributed by atoms with Gasteiger partial charge in [0, 0.05) is 44.2 Å². The van der Waals surface area contributed by atoms with E-state index in [1.807, 2.05) is 24.0 Å². The monoisotopic (exact) mass is 516 g/mol. The summed E-state index contributed by atoms with van der Waals surface area (Å²) in [4.78, 5) is 26.0. The van der Waals surface area contributed by atoms with Crippen LogP contribution in [-0.4, -0.2) is 74.8 Å². The number of likely N-dealkylation sites (tertiary alicyclic amines) is 1. The lowest BCUT2D eigenvalue weighted by molar-refractivity contribution is -0.127. The molecule has 3 N–H and O–H groups in total. The Balaban J connectivity index is 1.34. The first kappa shape index (κ1) is 25.2. The van der Waals surface area contributed by atoms with Gasteiger partial charge in [-0.1, -0.05) is 18.1 Å². The number of aromatic nitrogens is 4. The molecule has 1 aromatic carbocycles. The van der Waals surface area contributed by atoms with Gasteiger partial charge in [0.05, 0.1) is 24.1 Å². The van der Waals surface area contributed by atoms with Crippen molar-refractivity contribution in [1.29, 1.82) is 0 Å². The standard InChI is InChI=1S/C27H29FN8O2/c1-18-10-13-34(22-16-21(32-33-26(22)29)19-6-2-3-7-23(19)37)14-15-36(18)27-20(28)17-30-24(31-27)8-4-11-35-12-5-9-25(35)38/h2-3,6-7,16-18,37H,5,9-15H2,1H3,(H2,29,33)/t18-/m0/s1. The first-order valence-corrected chi connectivity index (χ1v) is 12.6. The number of carbonyl (C=O) groups is 1. The lowest BCUT2D eigenvalue weighted by atomic mass is 10.1. The van der Waals surface area contributed by atoms with Crippen LogP contribution in [0.15, 0.2) is 36.5 Å². The number of benzene rings is 1. The lowest BCUT2D eigenvalue weighted by Gasteiger charge is -2.28. The number of para-hydroxylation sites is 1. The highest BCUT2D eigenvalue weighted by Gasteiger charge is 2.26. The molecule has 196 valence electrons. The molecule has 4 heterocycles. The number of nitrogens with zero attached hydrogens (tertiary/aromatic N) is 7. The molecule has 1 atom stereocenters. The molecule has 2 saturated heterocycles. The number of amides is 1. The van der Waals surface area contributed by atoms with Crippen molar-refractivity contribution in [3.63, 3.8) is 0 Å². The summed E-state index contributed by atoms with van der Waals surface area (Å²) >= 11 is 0. The smallest absolute Gasteiger partial charge is 0.223 e. The molecule has 0 unspecified atom stereocenters.